The molecule has 0 saturated carbocycles. The Hall–Kier alpha value is -1.42. The zero-order valence-electron chi connectivity index (χ0n) is 10.3. The molecule has 1 fully saturated rings. The Kier molecular flexibility index (Phi) is 4.70. The van der Waals surface area contributed by atoms with E-state index in [0.717, 1.165) is 32.5 Å². The highest BCUT2D eigenvalue weighted by atomic mass is 19.1. The number of nitrogens with one attached hydrogen (secondary N) is 1. The Labute approximate surface area is 106 Å². The van der Waals surface area contributed by atoms with Crippen molar-refractivity contribution in [1.29, 1.82) is 0 Å². The third kappa shape index (κ3) is 3.81. The maximum Gasteiger partial charge on any atom is 0.251 e. The average molecular weight is 251 g/mol. The van der Waals surface area contributed by atoms with Crippen molar-refractivity contribution in [1.82, 2.24) is 5.32 Å². The average Bonchev–Trinajstić information content (AvgIpc) is 2.40. The van der Waals surface area contributed by atoms with Gasteiger partial charge < -0.3 is 10.1 Å². The summed E-state index contributed by atoms with van der Waals surface area (Å²) in [6, 6.07) is 5.75. The first-order chi connectivity index (χ1) is 8.75. The molecule has 1 aromatic carbocycles. The summed E-state index contributed by atoms with van der Waals surface area (Å²) in [5.74, 6) is 0.0419. The van der Waals surface area contributed by atoms with Crippen molar-refractivity contribution in [2.75, 3.05) is 19.8 Å². The third-order valence-electron chi connectivity index (χ3n) is 3.27. The molecule has 1 amide bonds. The maximum atomic E-state index is 12.9. The van der Waals surface area contributed by atoms with Crippen LogP contribution in [0, 0.1) is 11.7 Å². The molecule has 0 unspecified atom stereocenters. The number of carbonyl (C=O) groups is 1. The van der Waals surface area contributed by atoms with Gasteiger partial charge in [0.25, 0.3) is 5.91 Å². The predicted octanol–water partition coefficient (Wildman–Crippen LogP) is 2.37. The lowest BCUT2D eigenvalue weighted by Crippen LogP contribution is -2.27. The van der Waals surface area contributed by atoms with E-state index in [4.69, 9.17) is 4.74 Å². The summed E-state index contributed by atoms with van der Waals surface area (Å²) in [4.78, 5) is 11.7. The lowest BCUT2D eigenvalue weighted by Gasteiger charge is -2.21. The molecule has 0 aliphatic carbocycles. The lowest BCUT2D eigenvalue weighted by molar-refractivity contribution is 0.0636. The Morgan fingerprint density at radius 2 is 2.17 bits per heavy atom. The van der Waals surface area contributed by atoms with Gasteiger partial charge in [0, 0.05) is 25.3 Å². The van der Waals surface area contributed by atoms with Gasteiger partial charge in [0.1, 0.15) is 5.82 Å². The number of halogens is 1. The van der Waals surface area contributed by atoms with Gasteiger partial charge in [-0.1, -0.05) is 6.07 Å². The highest BCUT2D eigenvalue weighted by Crippen LogP contribution is 2.17. The maximum absolute atomic E-state index is 12.9. The number of hydrogen-bond donors (Lipinski definition) is 1. The van der Waals surface area contributed by atoms with E-state index in [2.05, 4.69) is 5.32 Å². The Bertz CT molecular complexity index is 403. The number of rotatable bonds is 4. The molecule has 98 valence electrons. The normalized spacial score (nSPS) is 16.5. The number of ether oxygens (including phenoxy) is 1. The fraction of sp³-hybridized carbons (Fsp3) is 0.500. The van der Waals surface area contributed by atoms with E-state index in [1.54, 1.807) is 12.1 Å². The molecule has 1 N–H and O–H groups in total. The minimum Gasteiger partial charge on any atom is -0.381 e. The fourth-order valence-electron chi connectivity index (χ4n) is 2.16. The zero-order valence-corrected chi connectivity index (χ0v) is 10.3. The number of benzene rings is 1. The van der Waals surface area contributed by atoms with Crippen LogP contribution in [0.5, 0.6) is 0 Å². The molecule has 0 spiro atoms. The molecule has 2 rings (SSSR count). The monoisotopic (exact) mass is 251 g/mol. The summed E-state index contributed by atoms with van der Waals surface area (Å²) >= 11 is 0. The van der Waals surface area contributed by atoms with Gasteiger partial charge in [-0.2, -0.15) is 0 Å². The molecule has 1 aliphatic heterocycles. The molecule has 1 aromatic rings. The van der Waals surface area contributed by atoms with Crippen molar-refractivity contribution < 1.29 is 13.9 Å². The first-order valence-electron chi connectivity index (χ1n) is 6.37. The highest BCUT2D eigenvalue weighted by Gasteiger charge is 2.14. The van der Waals surface area contributed by atoms with E-state index in [-0.39, 0.29) is 11.7 Å². The second-order valence-electron chi connectivity index (χ2n) is 4.61. The van der Waals surface area contributed by atoms with Gasteiger partial charge in [0.2, 0.25) is 0 Å². The molecule has 0 atom stereocenters. The number of carbonyl (C=O) groups excluding carboxylic acids is 1. The fourth-order valence-corrected chi connectivity index (χ4v) is 2.16. The topological polar surface area (TPSA) is 38.3 Å². The van der Waals surface area contributed by atoms with Crippen molar-refractivity contribution in [2.45, 2.75) is 19.3 Å². The minimum atomic E-state index is -0.382. The number of hydrogen-bond acceptors (Lipinski definition) is 2. The largest absolute Gasteiger partial charge is 0.381 e. The Morgan fingerprint density at radius 1 is 1.39 bits per heavy atom. The summed E-state index contributed by atoms with van der Waals surface area (Å²) in [5.41, 5.74) is 0.377. The van der Waals surface area contributed by atoms with Crippen LogP contribution in [0.1, 0.15) is 29.6 Å². The Morgan fingerprint density at radius 3 is 2.89 bits per heavy atom. The zero-order chi connectivity index (χ0) is 12.8. The molecule has 3 nitrogen and oxygen atoms in total. The molecule has 18 heavy (non-hydrogen) atoms. The first-order valence-corrected chi connectivity index (χ1v) is 6.37. The van der Waals surface area contributed by atoms with E-state index in [0.29, 0.717) is 18.0 Å². The van der Waals surface area contributed by atoms with E-state index in [1.165, 1.54) is 12.1 Å². The second-order valence-corrected chi connectivity index (χ2v) is 4.61. The summed E-state index contributed by atoms with van der Waals surface area (Å²) in [5, 5.41) is 2.83. The smallest absolute Gasteiger partial charge is 0.251 e. The van der Waals surface area contributed by atoms with Crippen LogP contribution in [0.2, 0.25) is 0 Å². The van der Waals surface area contributed by atoms with Gasteiger partial charge in [-0.05, 0) is 43.4 Å². The predicted molar refractivity (Wildman–Crippen MR) is 66.9 cm³/mol. The second kappa shape index (κ2) is 6.50. The summed E-state index contributed by atoms with van der Waals surface area (Å²) in [7, 11) is 0. The summed E-state index contributed by atoms with van der Waals surface area (Å²) < 4.78 is 18.2. The quantitative estimate of drug-likeness (QED) is 0.892. The van der Waals surface area contributed by atoms with Crippen LogP contribution >= 0.6 is 0 Å². The SMILES string of the molecule is O=C(NCCC1CCOCC1)c1cccc(F)c1. The van der Waals surface area contributed by atoms with Crippen molar-refractivity contribution in [3.63, 3.8) is 0 Å². The van der Waals surface area contributed by atoms with Gasteiger partial charge in [-0.25, -0.2) is 4.39 Å². The van der Waals surface area contributed by atoms with Gasteiger partial charge >= 0.3 is 0 Å². The van der Waals surface area contributed by atoms with Gasteiger partial charge in [0.15, 0.2) is 0 Å². The van der Waals surface area contributed by atoms with Gasteiger partial charge in [-0.15, -0.1) is 0 Å². The van der Waals surface area contributed by atoms with E-state index in [1.807, 2.05) is 0 Å². The molecule has 0 aromatic heterocycles. The third-order valence-corrected chi connectivity index (χ3v) is 3.27. The van der Waals surface area contributed by atoms with Crippen molar-refractivity contribution in [3.8, 4) is 0 Å². The van der Waals surface area contributed by atoms with E-state index >= 15 is 0 Å². The van der Waals surface area contributed by atoms with Crippen LogP contribution in [0.25, 0.3) is 0 Å². The van der Waals surface area contributed by atoms with Crippen molar-refractivity contribution in [3.05, 3.63) is 35.6 Å². The molecule has 0 bridgehead atoms. The molecular weight excluding hydrogens is 233 g/mol. The standard InChI is InChI=1S/C14H18FNO2/c15-13-3-1-2-12(10-13)14(17)16-7-4-11-5-8-18-9-6-11/h1-3,10-11H,4-9H2,(H,16,17). The first kappa shape index (κ1) is 13.0. The Balaban J connectivity index is 1.74. The highest BCUT2D eigenvalue weighted by molar-refractivity contribution is 5.94. The molecule has 1 saturated heterocycles. The van der Waals surface area contributed by atoms with Crippen LogP contribution in [-0.2, 0) is 4.74 Å². The van der Waals surface area contributed by atoms with Crippen LogP contribution in [0.3, 0.4) is 0 Å². The van der Waals surface area contributed by atoms with Gasteiger partial charge in [0.05, 0.1) is 0 Å². The minimum absolute atomic E-state index is 0.207. The van der Waals surface area contributed by atoms with Gasteiger partial charge in [-0.3, -0.25) is 4.79 Å². The molecule has 1 heterocycles. The summed E-state index contributed by atoms with van der Waals surface area (Å²) in [6.45, 7) is 2.28. The van der Waals surface area contributed by atoms with Crippen molar-refractivity contribution in [2.24, 2.45) is 5.92 Å². The van der Waals surface area contributed by atoms with E-state index < -0.39 is 0 Å². The molecule has 0 radical (unpaired) electrons. The van der Waals surface area contributed by atoms with Crippen LogP contribution in [-0.4, -0.2) is 25.7 Å². The molecular formula is C14H18FNO2. The van der Waals surface area contributed by atoms with E-state index in [9.17, 15) is 9.18 Å². The lowest BCUT2D eigenvalue weighted by atomic mass is 9.97. The van der Waals surface area contributed by atoms with Crippen LogP contribution in [0.4, 0.5) is 4.39 Å². The van der Waals surface area contributed by atoms with Crippen LogP contribution in [0.15, 0.2) is 24.3 Å². The molecule has 4 heteroatoms. The number of amides is 1. The van der Waals surface area contributed by atoms with Crippen LogP contribution < -0.4 is 5.32 Å². The summed E-state index contributed by atoms with van der Waals surface area (Å²) in [6.07, 6.45) is 3.09. The van der Waals surface area contributed by atoms with Crippen molar-refractivity contribution >= 4 is 5.91 Å². The molecule has 1 aliphatic rings.